The van der Waals surface area contributed by atoms with Gasteiger partial charge in [-0.25, -0.2) is 0 Å². The van der Waals surface area contributed by atoms with Crippen LogP contribution >= 0.6 is 0 Å². The topological polar surface area (TPSA) is 277 Å². The van der Waals surface area contributed by atoms with Crippen molar-refractivity contribution in [3.63, 3.8) is 0 Å². The number of phenols is 3. The Hall–Kier alpha value is -4.45. The summed E-state index contributed by atoms with van der Waals surface area (Å²) in [6, 6.07) is 7.05. The fourth-order valence-electron chi connectivity index (χ4n) is 19.3. The minimum absolute atomic E-state index is 0. The van der Waals surface area contributed by atoms with Gasteiger partial charge in [0, 0.05) is 189 Å². The summed E-state index contributed by atoms with van der Waals surface area (Å²) in [4.78, 5) is 46.6. The van der Waals surface area contributed by atoms with Gasteiger partial charge in [-0.05, 0) is 171 Å². The molecule has 4 aromatic carbocycles. The molecule has 4 aromatic rings. The van der Waals surface area contributed by atoms with E-state index in [0.717, 1.165) is 105 Å². The minimum Gasteiger partial charge on any atom is -0.507 e. The molecule has 7 N–H and O–H groups in total. The maximum Gasteiger partial charge on any atom is 0.311 e. The standard InChI is InChI=1S/C42H54N4O6.C26H30N4O4.C8H14O2.2Ac/c1-23-15-28-18-30-32(20-43)46-31(38(45(30)4)36(28)40(24(23)2)52-35(48)17-27-13-9-6-10-14-27)19-29-37(42-41(50-22-51-42)25(3)39(29)49)33(46)21-44-34(47)16-26-11-7-5-8-12-26;1-11-5-14-6-16-18(8-27)30-17(22(29(16)4)20(14)24(32)12(11)2)7-15-21(19(30)9-28)26-25(33-10-34-26)13(3)23(15)31;9-8(10)6-7-4-2-1-3-5-7;;/h15,26-27,30-33,38,49H,5-14,16-19,21-22H2,1-4H3,(H,44,47);5,16-19,22,31-32H,6-7,9-10,28H2,1-4H3;7H,1-6H2,(H,9,10);;/t30-,31?,32-,33-,38-;16-,17?,18-,19-,22-;;;/m00.../s1. The van der Waals surface area contributed by atoms with Crippen LogP contribution in [0.5, 0.6) is 46.0 Å². The third kappa shape index (κ3) is 13.6. The number of esters is 1. The normalized spacial score (nSPS) is 26.7. The number of nitrogens with zero attached hydrogens (tertiary/aromatic N) is 6. The predicted molar refractivity (Wildman–Crippen MR) is 359 cm³/mol. The van der Waals surface area contributed by atoms with E-state index in [1.54, 1.807) is 0 Å². The van der Waals surface area contributed by atoms with Gasteiger partial charge in [-0.3, -0.25) is 34.0 Å². The Morgan fingerprint density at radius 1 is 0.551 bits per heavy atom. The van der Waals surface area contributed by atoms with Crippen LogP contribution in [0.1, 0.15) is 218 Å². The molecular formula is C76H98Ac2N8O12. The Kier molecular flexibility index (Phi) is 23.8. The van der Waals surface area contributed by atoms with Gasteiger partial charge >= 0.3 is 11.9 Å². The molecular weight excluding hydrogens is 1670 g/mol. The van der Waals surface area contributed by atoms with Crippen LogP contribution in [-0.2, 0) is 40.1 Å². The number of rotatable bonds is 10. The Labute approximate surface area is 649 Å². The van der Waals surface area contributed by atoms with Crippen LogP contribution in [0.25, 0.3) is 0 Å². The molecule has 3 saturated carbocycles. The summed E-state index contributed by atoms with van der Waals surface area (Å²) in [5.41, 5.74) is 19.0. The van der Waals surface area contributed by atoms with Crippen molar-refractivity contribution in [2.45, 2.75) is 243 Å². The van der Waals surface area contributed by atoms with Crippen molar-refractivity contribution in [2.24, 2.45) is 23.5 Å². The average Bonchev–Trinajstić information content (AvgIpc) is 0.855. The van der Waals surface area contributed by atoms with E-state index in [9.17, 15) is 40.2 Å². The number of carboxylic acid groups (broad SMARTS) is 1. The number of carbonyl (C=O) groups excluding carboxylic acids is 2. The predicted octanol–water partition coefficient (Wildman–Crippen LogP) is 11.3. The first-order valence-corrected chi connectivity index (χ1v) is 35.6. The maximum atomic E-state index is 13.7. The van der Waals surface area contributed by atoms with Crippen LogP contribution in [0.4, 0.5) is 0 Å². The number of hydrogen-bond donors (Lipinski definition) is 6. The number of benzene rings is 4. The summed E-state index contributed by atoms with van der Waals surface area (Å²) in [7, 11) is 4.14. The van der Waals surface area contributed by atoms with E-state index in [1.807, 2.05) is 41.7 Å². The molecule has 0 aromatic heterocycles. The number of nitrogens with one attached hydrogen (secondary N) is 1. The molecule has 2 unspecified atom stereocenters. The number of ether oxygens (including phenoxy) is 5. The summed E-state index contributed by atoms with van der Waals surface area (Å²) >= 11 is 0. The summed E-state index contributed by atoms with van der Waals surface area (Å²) in [5.74, 6) is 4.12. The van der Waals surface area contributed by atoms with Crippen LogP contribution in [-0.4, -0.2) is 135 Å². The van der Waals surface area contributed by atoms with Gasteiger partial charge in [-0.1, -0.05) is 69.9 Å². The van der Waals surface area contributed by atoms with Gasteiger partial charge in [-0.15, -0.1) is 0 Å². The number of phenolic OH excluding ortho intramolecular Hbond substituents is 3. The first kappa shape index (κ1) is 74.7. The molecule has 10 atom stereocenters. The van der Waals surface area contributed by atoms with Gasteiger partial charge in [0.05, 0.1) is 36.3 Å². The van der Waals surface area contributed by atoms with Crippen molar-refractivity contribution in [1.82, 2.24) is 24.9 Å². The van der Waals surface area contributed by atoms with Crippen molar-refractivity contribution in [2.75, 3.05) is 40.8 Å². The Bertz CT molecular complexity index is 3800. The molecule has 8 heterocycles. The molecule has 20 nitrogen and oxygen atoms in total. The van der Waals surface area contributed by atoms with E-state index < -0.39 is 24.1 Å². The van der Waals surface area contributed by atoms with E-state index in [1.165, 1.54) is 57.8 Å². The molecule has 11 aliphatic rings. The molecule has 520 valence electrons. The van der Waals surface area contributed by atoms with Crippen LogP contribution in [0, 0.1) is 170 Å². The number of nitrogens with two attached hydrogens (primary N) is 1. The largest absolute Gasteiger partial charge is 0.507 e. The molecule has 0 spiro atoms. The van der Waals surface area contributed by atoms with Crippen LogP contribution in [0.2, 0.25) is 0 Å². The summed E-state index contributed by atoms with van der Waals surface area (Å²) in [5, 5.41) is 67.5. The fraction of sp³-hybridized carbons (Fsp3) is 0.618. The third-order valence-electron chi connectivity index (χ3n) is 24.4. The van der Waals surface area contributed by atoms with E-state index >= 15 is 0 Å². The van der Waals surface area contributed by atoms with E-state index in [-0.39, 0.29) is 180 Å². The van der Waals surface area contributed by atoms with Crippen LogP contribution < -0.4 is 34.7 Å². The van der Waals surface area contributed by atoms with Gasteiger partial charge in [0.25, 0.3) is 0 Å². The fourth-order valence-corrected chi connectivity index (χ4v) is 19.3. The first-order valence-electron chi connectivity index (χ1n) is 35.6. The number of hydrogen-bond acceptors (Lipinski definition) is 18. The van der Waals surface area contributed by atoms with Gasteiger partial charge in [0.2, 0.25) is 19.5 Å². The Morgan fingerprint density at radius 3 is 1.46 bits per heavy atom. The molecule has 3 aliphatic carbocycles. The molecule has 22 heteroatoms. The second-order valence-electron chi connectivity index (χ2n) is 29.7. The van der Waals surface area contributed by atoms with Crippen LogP contribution in [0.3, 0.4) is 0 Å². The van der Waals surface area contributed by atoms with Crippen molar-refractivity contribution in [3.05, 3.63) is 90.0 Å². The van der Waals surface area contributed by atoms with Crippen molar-refractivity contribution in [3.8, 4) is 58.1 Å². The Balaban J connectivity index is 0.000000181. The molecule has 5 fully saturated rings. The molecule has 15 rings (SSSR count). The number of carboxylic acids is 1. The number of aryl methyl sites for hydroxylation is 2. The number of fused-ring (bicyclic) bond motifs is 18. The maximum absolute atomic E-state index is 13.7. The number of likely N-dealkylation sites (N-methyl/N-ethyl adjacent to an activating group) is 2. The molecule has 8 aliphatic heterocycles. The number of nitriles is 2. The zero-order valence-electron chi connectivity index (χ0n) is 58.5. The van der Waals surface area contributed by atoms with Gasteiger partial charge in [-0.2, -0.15) is 10.5 Å². The number of aromatic hydroxyl groups is 3. The molecule has 2 saturated heterocycles. The number of aliphatic carboxylic acids is 1. The number of carbonyl (C=O) groups is 3. The molecule has 4 bridgehead atoms. The van der Waals surface area contributed by atoms with Crippen molar-refractivity contribution >= 4 is 17.8 Å². The zero-order chi connectivity index (χ0) is 67.7. The van der Waals surface area contributed by atoms with Gasteiger partial charge in [0.15, 0.2) is 23.0 Å². The molecule has 1 amide bonds. The molecule has 98 heavy (non-hydrogen) atoms. The minimum atomic E-state index is -0.632. The smallest absolute Gasteiger partial charge is 0.311 e. The third-order valence-corrected chi connectivity index (χ3v) is 24.4. The quantitative estimate of drug-likeness (QED) is 0.0636. The van der Waals surface area contributed by atoms with E-state index in [2.05, 4.69) is 63.2 Å². The summed E-state index contributed by atoms with van der Waals surface area (Å²) in [6.45, 7) is 12.5. The molecule has 2 radical (unpaired) electrons. The second-order valence-corrected chi connectivity index (χ2v) is 29.7. The first-order chi connectivity index (χ1) is 46.2. The zero-order valence-corrected chi connectivity index (χ0v) is 68.0. The van der Waals surface area contributed by atoms with Crippen molar-refractivity contribution < 1.29 is 147 Å². The summed E-state index contributed by atoms with van der Waals surface area (Å²) in [6.07, 6.45) is 21.1. The number of amides is 1. The summed E-state index contributed by atoms with van der Waals surface area (Å²) < 4.78 is 30.1. The van der Waals surface area contributed by atoms with Crippen LogP contribution in [0.15, 0.2) is 12.1 Å². The SMILES string of the molecule is Cc1cc2c(c(O)c1C)[C@@H]1C3Cc4c(O)c(C)c5c(c4[C@H](CN)N3[C@@H](C#N)[C@H](C2)N1C)OCO5.Cc1cc2c(c(OC(=O)CC3CCCCC3)c1C)[C@@H]1C3Cc4c(O)c(C)c5c(c4[C@H](CNC(=O)CC4CCCCC4)N3[C@@H](C#N)[C@H](C2)N1C)OCO5.O=C(O)CC1CCCCC1.[Ac].[Ac]. The van der Waals surface area contributed by atoms with Gasteiger partial charge < -0.3 is 55.2 Å². The van der Waals surface area contributed by atoms with E-state index in [4.69, 9.17) is 34.5 Å². The second kappa shape index (κ2) is 31.3. The average molecular weight is 1770 g/mol. The van der Waals surface area contributed by atoms with Crippen molar-refractivity contribution in [1.29, 1.82) is 10.5 Å². The Morgan fingerprint density at radius 2 is 0.980 bits per heavy atom. The number of piperazine rings is 2. The monoisotopic (exact) mass is 1770 g/mol. The van der Waals surface area contributed by atoms with Gasteiger partial charge in [0.1, 0.15) is 35.1 Å². The van der Waals surface area contributed by atoms with E-state index in [0.29, 0.717) is 108 Å².